The van der Waals surface area contributed by atoms with Crippen LogP contribution in [-0.2, 0) is 11.0 Å². The second-order valence-electron chi connectivity index (χ2n) is 7.40. The van der Waals surface area contributed by atoms with Gasteiger partial charge in [-0.3, -0.25) is 9.69 Å². The summed E-state index contributed by atoms with van der Waals surface area (Å²) in [7, 11) is 0. The minimum Gasteiger partial charge on any atom is -0.369 e. The van der Waals surface area contributed by atoms with E-state index in [1.807, 2.05) is 39.4 Å². The summed E-state index contributed by atoms with van der Waals surface area (Å²) in [5, 5.41) is 5.27. The van der Waals surface area contributed by atoms with Crippen molar-refractivity contribution in [2.24, 2.45) is 0 Å². The van der Waals surface area contributed by atoms with E-state index in [0.29, 0.717) is 37.0 Å². The fraction of sp³-hybridized carbons (Fsp3) is 0.273. The van der Waals surface area contributed by atoms with E-state index >= 15 is 0 Å². The van der Waals surface area contributed by atoms with Crippen molar-refractivity contribution in [3.8, 4) is 11.3 Å². The first kappa shape index (κ1) is 22.8. The Bertz CT molecular complexity index is 1080. The number of hydrogen-bond acceptors (Lipinski definition) is 5. The van der Waals surface area contributed by atoms with Crippen LogP contribution < -0.4 is 10.2 Å². The Balaban J connectivity index is 1.28. The fourth-order valence-electron chi connectivity index (χ4n) is 3.49. The zero-order valence-corrected chi connectivity index (χ0v) is 19.3. The molecule has 1 aliphatic rings. The summed E-state index contributed by atoms with van der Waals surface area (Å²) >= 11 is 4.77. The van der Waals surface area contributed by atoms with Crippen LogP contribution >= 0.6 is 27.3 Å². The Morgan fingerprint density at radius 3 is 2.50 bits per heavy atom. The van der Waals surface area contributed by atoms with Gasteiger partial charge in [0.15, 0.2) is 5.13 Å². The van der Waals surface area contributed by atoms with Crippen LogP contribution in [0, 0.1) is 0 Å². The number of carbonyl (C=O) groups is 1. The Labute approximate surface area is 196 Å². The maximum atomic E-state index is 13.0. The highest BCUT2D eigenvalue weighted by molar-refractivity contribution is 9.10. The van der Waals surface area contributed by atoms with Crippen LogP contribution in [0.1, 0.15) is 5.56 Å². The molecule has 1 saturated heterocycles. The summed E-state index contributed by atoms with van der Waals surface area (Å²) in [6.45, 7) is 2.50. The normalized spacial score (nSPS) is 15.1. The van der Waals surface area contributed by atoms with Crippen molar-refractivity contribution < 1.29 is 18.0 Å². The maximum Gasteiger partial charge on any atom is 0.416 e. The standard InChI is InChI=1S/C22H20BrF3N4OS/c23-17-6-4-15(5-7-17)19-14-32-21(27-19)28-20(31)13-29-8-10-30(11-9-29)18-3-1-2-16(12-18)22(24,25)26/h1-7,12,14H,8-11,13H2,(H,27,28,31). The number of anilines is 2. The third kappa shape index (κ3) is 5.67. The third-order valence-corrected chi connectivity index (χ3v) is 6.46. The number of nitrogens with zero attached hydrogens (tertiary/aromatic N) is 3. The smallest absolute Gasteiger partial charge is 0.369 e. The molecule has 1 aliphatic heterocycles. The average molecular weight is 525 g/mol. The zero-order valence-electron chi connectivity index (χ0n) is 16.9. The van der Waals surface area contributed by atoms with Crippen LogP contribution in [0.5, 0.6) is 0 Å². The molecule has 4 rings (SSSR count). The highest BCUT2D eigenvalue weighted by Crippen LogP contribution is 2.32. The highest BCUT2D eigenvalue weighted by Gasteiger charge is 2.31. The lowest BCUT2D eigenvalue weighted by molar-refractivity contribution is -0.137. The van der Waals surface area contributed by atoms with Gasteiger partial charge in [0, 0.05) is 47.3 Å². The van der Waals surface area contributed by atoms with Crippen LogP contribution in [0.25, 0.3) is 11.3 Å². The molecule has 0 bridgehead atoms. The van der Waals surface area contributed by atoms with Gasteiger partial charge in [-0.2, -0.15) is 13.2 Å². The monoisotopic (exact) mass is 524 g/mol. The van der Waals surface area contributed by atoms with Crippen molar-refractivity contribution in [2.75, 3.05) is 42.9 Å². The lowest BCUT2D eigenvalue weighted by Crippen LogP contribution is -2.48. The molecule has 3 aromatic rings. The predicted octanol–water partition coefficient (Wildman–Crippen LogP) is 5.35. The summed E-state index contributed by atoms with van der Waals surface area (Å²) in [5.74, 6) is -0.158. The number of thiazole rings is 1. The molecule has 0 aliphatic carbocycles. The molecule has 0 saturated carbocycles. The molecule has 1 fully saturated rings. The predicted molar refractivity (Wildman–Crippen MR) is 124 cm³/mol. The van der Waals surface area contributed by atoms with Crippen molar-refractivity contribution in [1.29, 1.82) is 0 Å². The minimum atomic E-state index is -4.36. The molecule has 1 aromatic heterocycles. The summed E-state index contributed by atoms with van der Waals surface area (Å²) in [4.78, 5) is 20.8. The van der Waals surface area contributed by atoms with Gasteiger partial charge in [-0.1, -0.05) is 34.1 Å². The van der Waals surface area contributed by atoms with E-state index in [2.05, 4.69) is 26.2 Å². The van der Waals surface area contributed by atoms with E-state index < -0.39 is 11.7 Å². The SMILES string of the molecule is O=C(CN1CCN(c2cccc(C(F)(F)F)c2)CC1)Nc1nc(-c2ccc(Br)cc2)cs1. The second-order valence-corrected chi connectivity index (χ2v) is 9.18. The lowest BCUT2D eigenvalue weighted by atomic mass is 10.1. The summed E-state index contributed by atoms with van der Waals surface area (Å²) in [5.41, 5.74) is 1.66. The van der Waals surface area contributed by atoms with Crippen molar-refractivity contribution in [1.82, 2.24) is 9.88 Å². The van der Waals surface area contributed by atoms with Gasteiger partial charge in [-0.05, 0) is 30.3 Å². The summed E-state index contributed by atoms with van der Waals surface area (Å²) in [6.07, 6.45) is -4.36. The maximum absolute atomic E-state index is 13.0. The van der Waals surface area contributed by atoms with Crippen LogP contribution in [0.4, 0.5) is 24.0 Å². The largest absolute Gasteiger partial charge is 0.416 e. The number of hydrogen-bond donors (Lipinski definition) is 1. The molecular weight excluding hydrogens is 505 g/mol. The van der Waals surface area contributed by atoms with Crippen molar-refractivity contribution >= 4 is 44.0 Å². The molecular formula is C22H20BrF3N4OS. The molecule has 0 radical (unpaired) electrons. The van der Waals surface area contributed by atoms with E-state index in [9.17, 15) is 18.0 Å². The molecule has 2 aromatic carbocycles. The first-order valence-corrected chi connectivity index (χ1v) is 11.6. The molecule has 0 atom stereocenters. The fourth-order valence-corrected chi connectivity index (χ4v) is 4.49. The van der Waals surface area contributed by atoms with Crippen molar-refractivity contribution in [3.05, 3.63) is 63.9 Å². The van der Waals surface area contributed by atoms with Crippen molar-refractivity contribution in [3.63, 3.8) is 0 Å². The van der Waals surface area contributed by atoms with Gasteiger partial charge in [0.05, 0.1) is 17.8 Å². The second kappa shape index (κ2) is 9.60. The van der Waals surface area contributed by atoms with E-state index in [-0.39, 0.29) is 12.5 Å². The molecule has 1 amide bonds. The highest BCUT2D eigenvalue weighted by atomic mass is 79.9. The Kier molecular flexibility index (Phi) is 6.82. The molecule has 32 heavy (non-hydrogen) atoms. The number of piperazine rings is 1. The summed E-state index contributed by atoms with van der Waals surface area (Å²) < 4.78 is 39.9. The molecule has 0 spiro atoms. The Hall–Kier alpha value is -2.43. The zero-order chi connectivity index (χ0) is 22.7. The average Bonchev–Trinajstić information content (AvgIpc) is 3.22. The number of carbonyl (C=O) groups excluding carboxylic acids is 1. The van der Waals surface area contributed by atoms with Gasteiger partial charge in [0.1, 0.15) is 0 Å². The topological polar surface area (TPSA) is 48.5 Å². The number of rotatable bonds is 5. The number of amides is 1. The first-order chi connectivity index (χ1) is 15.3. The van der Waals surface area contributed by atoms with Gasteiger partial charge in [0.25, 0.3) is 0 Å². The molecule has 1 N–H and O–H groups in total. The van der Waals surface area contributed by atoms with Gasteiger partial charge in [0.2, 0.25) is 5.91 Å². The van der Waals surface area contributed by atoms with Crippen molar-refractivity contribution in [2.45, 2.75) is 6.18 Å². The minimum absolute atomic E-state index is 0.158. The van der Waals surface area contributed by atoms with Gasteiger partial charge in [-0.25, -0.2) is 4.98 Å². The Morgan fingerprint density at radius 2 is 1.81 bits per heavy atom. The number of alkyl halides is 3. The summed E-state index contributed by atoms with van der Waals surface area (Å²) in [6, 6.07) is 13.1. The number of halogens is 4. The van der Waals surface area contributed by atoms with Gasteiger partial charge >= 0.3 is 6.18 Å². The third-order valence-electron chi connectivity index (χ3n) is 5.17. The van der Waals surface area contributed by atoms with Gasteiger partial charge < -0.3 is 10.2 Å². The van der Waals surface area contributed by atoms with Gasteiger partial charge in [-0.15, -0.1) is 11.3 Å². The van der Waals surface area contributed by atoms with Crippen LogP contribution in [0.15, 0.2) is 58.4 Å². The van der Waals surface area contributed by atoms with E-state index in [0.717, 1.165) is 21.8 Å². The quantitative estimate of drug-likeness (QED) is 0.488. The number of aromatic nitrogens is 1. The number of benzene rings is 2. The lowest BCUT2D eigenvalue weighted by Gasteiger charge is -2.35. The molecule has 168 valence electrons. The van der Waals surface area contributed by atoms with E-state index in [1.165, 1.54) is 23.5 Å². The van der Waals surface area contributed by atoms with E-state index in [4.69, 9.17) is 0 Å². The molecule has 10 heteroatoms. The van der Waals surface area contributed by atoms with Crippen LogP contribution in [-0.4, -0.2) is 48.5 Å². The molecule has 0 unspecified atom stereocenters. The van der Waals surface area contributed by atoms with Crippen LogP contribution in [0.3, 0.4) is 0 Å². The molecule has 5 nitrogen and oxygen atoms in total. The molecule has 2 heterocycles. The Morgan fingerprint density at radius 1 is 1.09 bits per heavy atom. The number of nitrogens with one attached hydrogen (secondary N) is 1. The van der Waals surface area contributed by atoms with Crippen LogP contribution in [0.2, 0.25) is 0 Å². The van der Waals surface area contributed by atoms with E-state index in [1.54, 1.807) is 6.07 Å². The first-order valence-electron chi connectivity index (χ1n) is 9.94.